The molecule has 0 heterocycles. The zero-order chi connectivity index (χ0) is 12.4. The molecule has 0 aliphatic carbocycles. The van der Waals surface area contributed by atoms with Gasteiger partial charge in [0, 0.05) is 20.8 Å². The van der Waals surface area contributed by atoms with E-state index >= 15 is 0 Å². The summed E-state index contributed by atoms with van der Waals surface area (Å²) in [6.07, 6.45) is 2.94. The molecule has 16 heavy (non-hydrogen) atoms. The molecule has 4 nitrogen and oxygen atoms in total. The minimum atomic E-state index is -0.212. The summed E-state index contributed by atoms with van der Waals surface area (Å²) in [6, 6.07) is 0.160. The fourth-order valence-electron chi connectivity index (χ4n) is 1.89. The first-order valence-corrected chi connectivity index (χ1v) is 6.09. The van der Waals surface area contributed by atoms with Gasteiger partial charge in [-0.05, 0) is 32.2 Å². The fraction of sp³-hybridized carbons (Fsp3) is 1.00. The Bertz CT molecular complexity index is 143. The van der Waals surface area contributed by atoms with E-state index in [0.717, 1.165) is 25.8 Å². The molecule has 0 rings (SSSR count). The molecule has 2 atom stereocenters. The van der Waals surface area contributed by atoms with E-state index in [1.807, 2.05) is 6.92 Å². The summed E-state index contributed by atoms with van der Waals surface area (Å²) in [5.41, 5.74) is 0. The number of hydrogen-bond acceptors (Lipinski definition) is 4. The van der Waals surface area contributed by atoms with Crippen molar-refractivity contribution in [3.63, 3.8) is 0 Å². The Morgan fingerprint density at radius 1 is 1.19 bits per heavy atom. The second kappa shape index (κ2) is 10.0. The molecule has 0 aromatic carbocycles. The number of aliphatic hydroxyl groups is 1. The van der Waals surface area contributed by atoms with E-state index in [1.165, 1.54) is 0 Å². The van der Waals surface area contributed by atoms with Crippen molar-refractivity contribution in [2.24, 2.45) is 5.92 Å². The van der Waals surface area contributed by atoms with Crippen LogP contribution in [0.1, 0.15) is 33.1 Å². The van der Waals surface area contributed by atoms with E-state index in [1.54, 1.807) is 14.2 Å². The number of methoxy groups -OCH3 is 2. The molecule has 0 spiro atoms. The topological polar surface area (TPSA) is 50.7 Å². The highest BCUT2D eigenvalue weighted by atomic mass is 16.7. The summed E-state index contributed by atoms with van der Waals surface area (Å²) >= 11 is 0. The van der Waals surface area contributed by atoms with Crippen LogP contribution in [-0.2, 0) is 9.47 Å². The van der Waals surface area contributed by atoms with Crippen molar-refractivity contribution in [3.8, 4) is 0 Å². The third-order valence-corrected chi connectivity index (χ3v) is 2.84. The predicted octanol–water partition coefficient (Wildman–Crippen LogP) is 1.38. The van der Waals surface area contributed by atoms with Crippen molar-refractivity contribution < 1.29 is 14.6 Å². The van der Waals surface area contributed by atoms with Gasteiger partial charge in [0.1, 0.15) is 0 Å². The molecule has 0 amide bonds. The fourth-order valence-corrected chi connectivity index (χ4v) is 1.89. The van der Waals surface area contributed by atoms with Gasteiger partial charge in [0.05, 0.1) is 6.04 Å². The summed E-state index contributed by atoms with van der Waals surface area (Å²) in [6.45, 7) is 5.37. The van der Waals surface area contributed by atoms with E-state index < -0.39 is 0 Å². The van der Waals surface area contributed by atoms with Gasteiger partial charge >= 0.3 is 0 Å². The van der Waals surface area contributed by atoms with Gasteiger partial charge in [0.2, 0.25) is 0 Å². The molecule has 0 aromatic heterocycles. The molecule has 0 saturated heterocycles. The Hall–Kier alpha value is -0.160. The SMILES string of the molecule is CCCC(CCO)CNC(C)C(OC)OC. The second-order valence-corrected chi connectivity index (χ2v) is 4.20. The summed E-state index contributed by atoms with van der Waals surface area (Å²) in [7, 11) is 3.28. The zero-order valence-electron chi connectivity index (χ0n) is 11.0. The van der Waals surface area contributed by atoms with Crippen molar-refractivity contribution in [3.05, 3.63) is 0 Å². The van der Waals surface area contributed by atoms with Crippen LogP contribution in [0.15, 0.2) is 0 Å². The van der Waals surface area contributed by atoms with Gasteiger partial charge in [0.15, 0.2) is 6.29 Å². The smallest absolute Gasteiger partial charge is 0.171 e. The van der Waals surface area contributed by atoms with Crippen molar-refractivity contribution in [1.82, 2.24) is 5.32 Å². The highest BCUT2D eigenvalue weighted by Crippen LogP contribution is 2.10. The van der Waals surface area contributed by atoms with Crippen LogP contribution in [0.3, 0.4) is 0 Å². The van der Waals surface area contributed by atoms with Gasteiger partial charge in [0.25, 0.3) is 0 Å². The van der Waals surface area contributed by atoms with Crippen molar-refractivity contribution in [2.75, 3.05) is 27.4 Å². The summed E-state index contributed by atoms with van der Waals surface area (Å²) in [5, 5.41) is 12.3. The molecule has 0 aromatic rings. The molecule has 2 N–H and O–H groups in total. The van der Waals surface area contributed by atoms with Crippen LogP contribution in [0.4, 0.5) is 0 Å². The molecule has 98 valence electrons. The Morgan fingerprint density at radius 3 is 2.25 bits per heavy atom. The molecule has 0 saturated carbocycles. The largest absolute Gasteiger partial charge is 0.396 e. The van der Waals surface area contributed by atoms with Crippen LogP contribution < -0.4 is 5.32 Å². The first-order chi connectivity index (χ1) is 7.69. The number of ether oxygens (including phenoxy) is 2. The zero-order valence-corrected chi connectivity index (χ0v) is 11.0. The van der Waals surface area contributed by atoms with Crippen LogP contribution in [0.2, 0.25) is 0 Å². The molecular formula is C12H27NO3. The Morgan fingerprint density at radius 2 is 1.81 bits per heavy atom. The van der Waals surface area contributed by atoms with Crippen molar-refractivity contribution in [2.45, 2.75) is 45.4 Å². The average molecular weight is 233 g/mol. The van der Waals surface area contributed by atoms with Gasteiger partial charge in [-0.15, -0.1) is 0 Å². The Labute approximate surface area is 99.3 Å². The Kier molecular flexibility index (Phi) is 9.92. The number of aliphatic hydroxyl groups excluding tert-OH is 1. The minimum Gasteiger partial charge on any atom is -0.396 e. The second-order valence-electron chi connectivity index (χ2n) is 4.20. The van der Waals surface area contributed by atoms with E-state index in [2.05, 4.69) is 12.2 Å². The van der Waals surface area contributed by atoms with Gasteiger partial charge in [-0.25, -0.2) is 0 Å². The predicted molar refractivity (Wildman–Crippen MR) is 65.4 cm³/mol. The number of hydrogen-bond donors (Lipinski definition) is 2. The van der Waals surface area contributed by atoms with Gasteiger partial charge in [-0.3, -0.25) is 0 Å². The van der Waals surface area contributed by atoms with Crippen LogP contribution in [-0.4, -0.2) is 44.8 Å². The molecule has 0 aliphatic heterocycles. The van der Waals surface area contributed by atoms with E-state index in [9.17, 15) is 0 Å². The van der Waals surface area contributed by atoms with Gasteiger partial charge < -0.3 is 19.9 Å². The lowest BCUT2D eigenvalue weighted by Gasteiger charge is -2.24. The lowest BCUT2D eigenvalue weighted by molar-refractivity contribution is -0.119. The third kappa shape index (κ3) is 6.43. The Balaban J connectivity index is 3.88. The molecule has 0 radical (unpaired) electrons. The van der Waals surface area contributed by atoms with E-state index in [4.69, 9.17) is 14.6 Å². The molecule has 0 aliphatic rings. The first kappa shape index (κ1) is 15.8. The monoisotopic (exact) mass is 233 g/mol. The molecule has 4 heteroatoms. The minimum absolute atomic E-state index is 0.160. The van der Waals surface area contributed by atoms with Crippen molar-refractivity contribution >= 4 is 0 Å². The maximum Gasteiger partial charge on any atom is 0.171 e. The highest BCUT2D eigenvalue weighted by Gasteiger charge is 2.16. The summed E-state index contributed by atoms with van der Waals surface area (Å²) in [4.78, 5) is 0. The van der Waals surface area contributed by atoms with Crippen molar-refractivity contribution in [1.29, 1.82) is 0 Å². The maximum atomic E-state index is 8.95. The third-order valence-electron chi connectivity index (χ3n) is 2.84. The number of nitrogens with one attached hydrogen (secondary N) is 1. The molecule has 2 unspecified atom stereocenters. The van der Waals surface area contributed by atoms with Crippen LogP contribution >= 0.6 is 0 Å². The maximum absolute atomic E-state index is 8.95. The summed E-state index contributed by atoms with van der Waals surface area (Å²) < 4.78 is 10.4. The molecule has 0 fully saturated rings. The quantitative estimate of drug-likeness (QED) is 0.560. The number of rotatable bonds is 10. The lowest BCUT2D eigenvalue weighted by atomic mass is 10.00. The lowest BCUT2D eigenvalue weighted by Crippen LogP contribution is -2.41. The van der Waals surface area contributed by atoms with Crippen LogP contribution in [0, 0.1) is 5.92 Å². The van der Waals surface area contributed by atoms with Crippen LogP contribution in [0.5, 0.6) is 0 Å². The normalized spacial score (nSPS) is 15.4. The summed E-state index contributed by atoms with van der Waals surface area (Å²) in [5.74, 6) is 0.534. The van der Waals surface area contributed by atoms with E-state index in [-0.39, 0.29) is 18.9 Å². The highest BCUT2D eigenvalue weighted by molar-refractivity contribution is 4.69. The first-order valence-electron chi connectivity index (χ1n) is 6.09. The van der Waals surface area contributed by atoms with Gasteiger partial charge in [-0.1, -0.05) is 13.3 Å². The standard InChI is InChI=1S/C12H27NO3/c1-5-6-11(7-8-14)9-13-10(2)12(15-3)16-4/h10-14H,5-9H2,1-4H3. The molecular weight excluding hydrogens is 206 g/mol. The van der Waals surface area contributed by atoms with Gasteiger partial charge in [-0.2, -0.15) is 0 Å². The van der Waals surface area contributed by atoms with Crippen LogP contribution in [0.25, 0.3) is 0 Å². The molecule has 0 bridgehead atoms. The average Bonchev–Trinajstić information content (AvgIpc) is 2.28. The van der Waals surface area contributed by atoms with E-state index in [0.29, 0.717) is 5.92 Å².